The smallest absolute Gasteiger partial charge is 0.173 e. The van der Waals surface area contributed by atoms with Crippen molar-refractivity contribution in [1.29, 1.82) is 0 Å². The third-order valence-electron chi connectivity index (χ3n) is 5.91. The molecule has 28 heavy (non-hydrogen) atoms. The number of aromatic nitrogens is 4. The fraction of sp³-hybridized carbons (Fsp3) is 0.409. The van der Waals surface area contributed by atoms with E-state index in [0.29, 0.717) is 0 Å². The van der Waals surface area contributed by atoms with E-state index in [2.05, 4.69) is 65.5 Å². The maximum absolute atomic E-state index is 9.77. The molecule has 6 nitrogen and oxygen atoms in total. The van der Waals surface area contributed by atoms with Crippen LogP contribution in [0.5, 0.6) is 5.75 Å². The van der Waals surface area contributed by atoms with E-state index >= 15 is 0 Å². The van der Waals surface area contributed by atoms with Gasteiger partial charge >= 0.3 is 0 Å². The van der Waals surface area contributed by atoms with Crippen LogP contribution in [0.1, 0.15) is 55.7 Å². The molecule has 4 rings (SSSR count). The van der Waals surface area contributed by atoms with Gasteiger partial charge in [-0.3, -0.25) is 4.90 Å². The first kappa shape index (κ1) is 18.6. The van der Waals surface area contributed by atoms with Crippen molar-refractivity contribution in [2.45, 2.75) is 51.7 Å². The van der Waals surface area contributed by atoms with Gasteiger partial charge in [0.05, 0.1) is 11.6 Å². The lowest BCUT2D eigenvalue weighted by Gasteiger charge is -2.36. The van der Waals surface area contributed by atoms with Gasteiger partial charge in [-0.2, -0.15) is 0 Å². The minimum absolute atomic E-state index is 0.0743. The summed E-state index contributed by atoms with van der Waals surface area (Å²) in [6, 6.07) is 16.0. The summed E-state index contributed by atoms with van der Waals surface area (Å²) in [6.45, 7) is 8.25. The summed E-state index contributed by atoms with van der Waals surface area (Å²) in [5.41, 5.74) is 3.67. The van der Waals surface area contributed by atoms with Gasteiger partial charge in [0, 0.05) is 13.1 Å². The van der Waals surface area contributed by atoms with Crippen molar-refractivity contribution < 1.29 is 5.11 Å². The highest BCUT2D eigenvalue weighted by molar-refractivity contribution is 5.34. The topological polar surface area (TPSA) is 67.1 Å². The van der Waals surface area contributed by atoms with E-state index in [1.54, 1.807) is 12.1 Å². The van der Waals surface area contributed by atoms with Crippen molar-refractivity contribution in [2.24, 2.45) is 0 Å². The number of phenols is 1. The quantitative estimate of drug-likeness (QED) is 0.735. The fourth-order valence-electron chi connectivity index (χ4n) is 3.86. The van der Waals surface area contributed by atoms with Crippen molar-refractivity contribution in [3.8, 4) is 5.75 Å². The lowest BCUT2D eigenvalue weighted by atomic mass is 9.95. The monoisotopic (exact) mass is 377 g/mol. The van der Waals surface area contributed by atoms with E-state index in [9.17, 15) is 5.11 Å². The molecular weight excluding hydrogens is 350 g/mol. The van der Waals surface area contributed by atoms with E-state index in [0.717, 1.165) is 37.3 Å². The Hall–Kier alpha value is -2.73. The average molecular weight is 377 g/mol. The van der Waals surface area contributed by atoms with Gasteiger partial charge in [0.1, 0.15) is 5.75 Å². The number of phenolic OH excluding ortho intramolecular Hbond substituents is 1. The van der Waals surface area contributed by atoms with Crippen LogP contribution in [-0.4, -0.2) is 36.8 Å². The molecule has 0 radical (unpaired) electrons. The Kier molecular flexibility index (Phi) is 4.89. The molecule has 1 aliphatic heterocycles. The minimum Gasteiger partial charge on any atom is -0.508 e. The van der Waals surface area contributed by atoms with Gasteiger partial charge in [0.15, 0.2) is 5.82 Å². The summed E-state index contributed by atoms with van der Waals surface area (Å²) in [6.07, 6.45) is 1.93. The highest BCUT2D eigenvalue weighted by atomic mass is 16.3. The maximum Gasteiger partial charge on any atom is 0.173 e. The second-order valence-corrected chi connectivity index (χ2v) is 8.10. The molecule has 0 saturated carbocycles. The lowest BCUT2D eigenvalue weighted by Crippen LogP contribution is -2.38. The molecule has 2 heterocycles. The SMILES string of the molecule is CCC(C)(C)n1nnnc1[C@H](c1ccc(O)cc1)N1CCc2ccccc2C1. The number of hydrogen-bond acceptors (Lipinski definition) is 5. The zero-order chi connectivity index (χ0) is 19.7. The zero-order valence-electron chi connectivity index (χ0n) is 16.7. The zero-order valence-corrected chi connectivity index (χ0v) is 16.7. The molecular formula is C22H27N5O. The van der Waals surface area contributed by atoms with Crippen LogP contribution in [0.15, 0.2) is 48.5 Å². The number of fused-ring (bicyclic) bond motifs is 1. The summed E-state index contributed by atoms with van der Waals surface area (Å²) >= 11 is 0. The summed E-state index contributed by atoms with van der Waals surface area (Å²) in [4.78, 5) is 2.43. The lowest BCUT2D eigenvalue weighted by molar-refractivity contribution is 0.181. The number of nitrogens with zero attached hydrogens (tertiary/aromatic N) is 5. The minimum atomic E-state index is -0.179. The summed E-state index contributed by atoms with van der Waals surface area (Å²) in [5.74, 6) is 1.11. The first-order valence-corrected chi connectivity index (χ1v) is 9.88. The first-order chi connectivity index (χ1) is 13.5. The highest BCUT2D eigenvalue weighted by Gasteiger charge is 2.33. The van der Waals surface area contributed by atoms with Gasteiger partial charge < -0.3 is 5.11 Å². The Bertz CT molecular complexity index is 948. The average Bonchev–Trinajstić information content (AvgIpc) is 3.20. The van der Waals surface area contributed by atoms with Crippen LogP contribution in [-0.2, 0) is 18.5 Å². The van der Waals surface area contributed by atoms with E-state index < -0.39 is 0 Å². The molecule has 0 fully saturated rings. The molecule has 1 aliphatic rings. The number of tetrazole rings is 1. The van der Waals surface area contributed by atoms with Crippen LogP contribution in [0.25, 0.3) is 0 Å². The molecule has 0 spiro atoms. The number of benzene rings is 2. The van der Waals surface area contributed by atoms with Crippen LogP contribution in [0, 0.1) is 0 Å². The summed E-state index contributed by atoms with van der Waals surface area (Å²) in [5, 5.41) is 22.6. The van der Waals surface area contributed by atoms with Gasteiger partial charge in [0.2, 0.25) is 0 Å². The van der Waals surface area contributed by atoms with Crippen molar-refractivity contribution in [1.82, 2.24) is 25.1 Å². The van der Waals surface area contributed by atoms with E-state index in [-0.39, 0.29) is 17.3 Å². The highest BCUT2D eigenvalue weighted by Crippen LogP contribution is 2.34. The molecule has 146 valence electrons. The molecule has 1 aromatic heterocycles. The van der Waals surface area contributed by atoms with E-state index in [1.807, 2.05) is 16.8 Å². The summed E-state index contributed by atoms with van der Waals surface area (Å²) < 4.78 is 1.96. The van der Waals surface area contributed by atoms with Crippen LogP contribution < -0.4 is 0 Å². The predicted octanol–water partition coefficient (Wildman–Crippen LogP) is 3.67. The Morgan fingerprint density at radius 1 is 1.07 bits per heavy atom. The molecule has 0 unspecified atom stereocenters. The molecule has 1 atom stereocenters. The third-order valence-corrected chi connectivity index (χ3v) is 5.91. The normalized spacial score (nSPS) is 16.0. The van der Waals surface area contributed by atoms with E-state index in [4.69, 9.17) is 0 Å². The van der Waals surface area contributed by atoms with Crippen LogP contribution in [0.2, 0.25) is 0 Å². The molecule has 0 amide bonds. The molecule has 0 saturated heterocycles. The van der Waals surface area contributed by atoms with Crippen LogP contribution in [0.4, 0.5) is 0 Å². The second-order valence-electron chi connectivity index (χ2n) is 8.10. The van der Waals surface area contributed by atoms with Gasteiger partial charge in [-0.25, -0.2) is 4.68 Å². The molecule has 6 heteroatoms. The largest absolute Gasteiger partial charge is 0.508 e. The Balaban J connectivity index is 1.79. The van der Waals surface area contributed by atoms with Gasteiger partial charge in [-0.1, -0.05) is 43.3 Å². The van der Waals surface area contributed by atoms with E-state index in [1.165, 1.54) is 11.1 Å². The van der Waals surface area contributed by atoms with Crippen LogP contribution >= 0.6 is 0 Å². The van der Waals surface area contributed by atoms with Crippen LogP contribution in [0.3, 0.4) is 0 Å². The first-order valence-electron chi connectivity index (χ1n) is 9.88. The fourth-order valence-corrected chi connectivity index (χ4v) is 3.86. The summed E-state index contributed by atoms with van der Waals surface area (Å²) in [7, 11) is 0. The van der Waals surface area contributed by atoms with Crippen molar-refractivity contribution in [3.05, 3.63) is 71.0 Å². The predicted molar refractivity (Wildman–Crippen MR) is 108 cm³/mol. The Morgan fingerprint density at radius 2 is 1.79 bits per heavy atom. The molecule has 1 N–H and O–H groups in total. The van der Waals surface area contributed by atoms with Crippen molar-refractivity contribution in [2.75, 3.05) is 6.54 Å². The third kappa shape index (κ3) is 3.40. The van der Waals surface area contributed by atoms with Gasteiger partial charge in [0.25, 0.3) is 0 Å². The molecule has 0 aliphatic carbocycles. The standard InChI is InChI=1S/C22H27N5O/c1-4-22(2,3)27-21(23-24-25-27)20(17-9-11-19(28)12-10-17)26-14-13-16-7-5-6-8-18(16)15-26/h5-12,20,28H,4,13-15H2,1-3H3/t20-/m0/s1. The molecule has 0 bridgehead atoms. The van der Waals surface area contributed by atoms with Gasteiger partial charge in [-0.15, -0.1) is 5.10 Å². The Morgan fingerprint density at radius 3 is 2.50 bits per heavy atom. The Labute approximate surface area is 165 Å². The molecule has 2 aromatic carbocycles. The van der Waals surface area contributed by atoms with Crippen molar-refractivity contribution >= 4 is 0 Å². The number of rotatable bonds is 5. The van der Waals surface area contributed by atoms with Gasteiger partial charge in [-0.05, 0) is 65.9 Å². The number of aromatic hydroxyl groups is 1. The second kappa shape index (κ2) is 7.36. The maximum atomic E-state index is 9.77. The number of hydrogen-bond donors (Lipinski definition) is 1. The van der Waals surface area contributed by atoms with Crippen molar-refractivity contribution in [3.63, 3.8) is 0 Å². The molecule has 3 aromatic rings.